The van der Waals surface area contributed by atoms with E-state index in [4.69, 9.17) is 14.2 Å². The van der Waals surface area contributed by atoms with Gasteiger partial charge in [0, 0.05) is 45.4 Å². The van der Waals surface area contributed by atoms with E-state index in [1.165, 1.54) is 7.11 Å². The molecule has 1 aromatic rings. The molecule has 2 fully saturated rings. The van der Waals surface area contributed by atoms with Crippen molar-refractivity contribution in [3.8, 4) is 5.75 Å². The molecule has 0 amide bonds. The second kappa shape index (κ2) is 9.34. The number of hydrogen-bond donors (Lipinski definition) is 0. The minimum Gasteiger partial charge on any atom is -0.495 e. The lowest BCUT2D eigenvalue weighted by Gasteiger charge is -2.36. The van der Waals surface area contributed by atoms with Gasteiger partial charge in [0.1, 0.15) is 10.6 Å². The molecule has 0 saturated carbocycles. The van der Waals surface area contributed by atoms with Crippen LogP contribution in [0, 0.1) is 6.92 Å². The van der Waals surface area contributed by atoms with Gasteiger partial charge in [-0.1, -0.05) is 6.07 Å². The first kappa shape index (κ1) is 20.5. The highest BCUT2D eigenvalue weighted by molar-refractivity contribution is 7.89. The van der Waals surface area contributed by atoms with Gasteiger partial charge >= 0.3 is 0 Å². The van der Waals surface area contributed by atoms with Crippen LogP contribution in [0.4, 0.5) is 0 Å². The fourth-order valence-electron chi connectivity index (χ4n) is 3.65. The summed E-state index contributed by atoms with van der Waals surface area (Å²) < 4.78 is 45.1. The van der Waals surface area contributed by atoms with E-state index in [2.05, 4.69) is 4.90 Å². The second-order valence-electron chi connectivity index (χ2n) is 7.07. The first-order valence-electron chi connectivity index (χ1n) is 9.56. The van der Waals surface area contributed by atoms with E-state index < -0.39 is 10.0 Å². The van der Waals surface area contributed by atoms with Crippen molar-refractivity contribution >= 4 is 10.0 Å². The van der Waals surface area contributed by atoms with Crippen LogP contribution in [0.1, 0.15) is 18.4 Å². The lowest BCUT2D eigenvalue weighted by atomic mass is 10.1. The number of ether oxygens (including phenoxy) is 3. The molecule has 2 saturated heterocycles. The molecule has 0 spiro atoms. The Kier molecular flexibility index (Phi) is 7.10. The van der Waals surface area contributed by atoms with Gasteiger partial charge in [-0.2, -0.15) is 4.31 Å². The van der Waals surface area contributed by atoms with Gasteiger partial charge in [-0.15, -0.1) is 0 Å². The van der Waals surface area contributed by atoms with Gasteiger partial charge in [-0.05, 0) is 37.5 Å². The van der Waals surface area contributed by atoms with Crippen molar-refractivity contribution in [1.82, 2.24) is 9.21 Å². The lowest BCUT2D eigenvalue weighted by Crippen LogP contribution is -2.48. The molecule has 0 aliphatic carbocycles. The monoisotopic (exact) mass is 398 g/mol. The van der Waals surface area contributed by atoms with Crippen LogP contribution in [0.25, 0.3) is 0 Å². The fraction of sp³-hybridized carbons (Fsp3) is 0.684. The first-order valence-corrected chi connectivity index (χ1v) is 11.0. The van der Waals surface area contributed by atoms with Crippen LogP contribution in [-0.4, -0.2) is 83.4 Å². The number of nitrogens with zero attached hydrogens (tertiary/aromatic N) is 2. The summed E-state index contributed by atoms with van der Waals surface area (Å²) in [7, 11) is -2.16. The quantitative estimate of drug-likeness (QED) is 0.694. The van der Waals surface area contributed by atoms with Gasteiger partial charge in [0.15, 0.2) is 0 Å². The predicted molar refractivity (Wildman–Crippen MR) is 103 cm³/mol. The number of benzene rings is 1. The van der Waals surface area contributed by atoms with Crippen LogP contribution in [-0.2, 0) is 19.5 Å². The highest BCUT2D eigenvalue weighted by atomic mass is 32.2. The Morgan fingerprint density at radius 3 is 2.48 bits per heavy atom. The number of sulfonamides is 1. The first-order chi connectivity index (χ1) is 13.0. The third-order valence-electron chi connectivity index (χ3n) is 5.24. The van der Waals surface area contributed by atoms with E-state index >= 15 is 0 Å². The smallest absolute Gasteiger partial charge is 0.247 e. The Labute approximate surface area is 162 Å². The molecule has 152 valence electrons. The van der Waals surface area contributed by atoms with E-state index in [0.29, 0.717) is 45.3 Å². The van der Waals surface area contributed by atoms with Crippen molar-refractivity contribution < 1.29 is 22.6 Å². The summed E-state index contributed by atoms with van der Waals surface area (Å²) in [5.74, 6) is 0.393. The van der Waals surface area contributed by atoms with Gasteiger partial charge < -0.3 is 14.2 Å². The van der Waals surface area contributed by atoms with E-state index in [9.17, 15) is 8.42 Å². The van der Waals surface area contributed by atoms with E-state index in [1.54, 1.807) is 16.4 Å². The average Bonchev–Trinajstić information content (AvgIpc) is 2.69. The van der Waals surface area contributed by atoms with Crippen LogP contribution in [0.3, 0.4) is 0 Å². The van der Waals surface area contributed by atoms with Crippen molar-refractivity contribution in [3.63, 3.8) is 0 Å². The van der Waals surface area contributed by atoms with Crippen molar-refractivity contribution in [1.29, 1.82) is 0 Å². The van der Waals surface area contributed by atoms with Crippen molar-refractivity contribution in [3.05, 3.63) is 23.8 Å². The summed E-state index contributed by atoms with van der Waals surface area (Å²) in [5, 5.41) is 0. The minimum atomic E-state index is -3.67. The highest BCUT2D eigenvalue weighted by Gasteiger charge is 2.34. The summed E-state index contributed by atoms with van der Waals surface area (Å²) in [6, 6.07) is 5.25. The molecule has 27 heavy (non-hydrogen) atoms. The largest absolute Gasteiger partial charge is 0.495 e. The lowest BCUT2D eigenvalue weighted by molar-refractivity contribution is 0.0291. The van der Waals surface area contributed by atoms with Crippen LogP contribution in [0.2, 0.25) is 0 Å². The molecule has 2 heterocycles. The number of aryl methyl sites for hydroxylation is 1. The van der Waals surface area contributed by atoms with Crippen LogP contribution in [0.5, 0.6) is 5.75 Å². The molecule has 7 nitrogen and oxygen atoms in total. The Hall–Kier alpha value is -1.19. The predicted octanol–water partition coefficient (Wildman–Crippen LogP) is 1.51. The molecule has 0 bridgehead atoms. The van der Waals surface area contributed by atoms with Crippen LogP contribution >= 0.6 is 0 Å². The zero-order chi connectivity index (χ0) is 19.3. The Balaban J connectivity index is 1.86. The SMILES string of the molecule is COc1ccc(C)cc1S(=O)(=O)N(CCN1CCOCC1)C1CCOCC1. The van der Waals surface area contributed by atoms with Crippen molar-refractivity contribution in [2.24, 2.45) is 0 Å². The Morgan fingerprint density at radius 2 is 1.81 bits per heavy atom. The van der Waals surface area contributed by atoms with E-state index in [1.807, 2.05) is 13.0 Å². The molecule has 0 radical (unpaired) electrons. The number of rotatable bonds is 7. The maximum absolute atomic E-state index is 13.6. The zero-order valence-electron chi connectivity index (χ0n) is 16.2. The normalized spacial score (nSPS) is 20.1. The molecule has 0 aromatic heterocycles. The molecule has 2 aliphatic rings. The summed E-state index contributed by atoms with van der Waals surface area (Å²) in [4.78, 5) is 2.51. The van der Waals surface area contributed by atoms with Gasteiger partial charge in [0.25, 0.3) is 0 Å². The molecular weight excluding hydrogens is 368 g/mol. The summed E-state index contributed by atoms with van der Waals surface area (Å²) >= 11 is 0. The van der Waals surface area contributed by atoms with E-state index in [-0.39, 0.29) is 10.9 Å². The topological polar surface area (TPSA) is 68.3 Å². The van der Waals surface area contributed by atoms with Crippen molar-refractivity contribution in [2.45, 2.75) is 30.7 Å². The summed E-state index contributed by atoms with van der Waals surface area (Å²) in [5.41, 5.74) is 0.898. The molecule has 0 unspecified atom stereocenters. The molecular formula is C19H30N2O5S. The van der Waals surface area contributed by atoms with Crippen molar-refractivity contribution in [2.75, 3.05) is 59.7 Å². The van der Waals surface area contributed by atoms with Gasteiger partial charge in [-0.3, -0.25) is 4.90 Å². The fourth-order valence-corrected chi connectivity index (χ4v) is 5.57. The average molecular weight is 399 g/mol. The maximum atomic E-state index is 13.6. The Morgan fingerprint density at radius 1 is 1.15 bits per heavy atom. The van der Waals surface area contributed by atoms with Gasteiger partial charge in [0.2, 0.25) is 10.0 Å². The molecule has 0 N–H and O–H groups in total. The van der Waals surface area contributed by atoms with Gasteiger partial charge in [-0.25, -0.2) is 8.42 Å². The zero-order valence-corrected chi connectivity index (χ0v) is 17.0. The van der Waals surface area contributed by atoms with Gasteiger partial charge in [0.05, 0.1) is 20.3 Å². The molecule has 3 rings (SSSR count). The molecule has 8 heteroatoms. The van der Waals surface area contributed by atoms with E-state index in [0.717, 1.165) is 31.5 Å². The molecule has 2 aliphatic heterocycles. The number of morpholine rings is 1. The molecule has 0 atom stereocenters. The maximum Gasteiger partial charge on any atom is 0.247 e. The number of methoxy groups -OCH3 is 1. The standard InChI is InChI=1S/C19H30N2O5S/c1-16-3-4-18(24-2)19(15-16)27(22,23)21(17-5-11-25-12-6-17)8-7-20-9-13-26-14-10-20/h3-4,15,17H,5-14H2,1-2H3. The van der Waals surface area contributed by atoms with Crippen LogP contribution < -0.4 is 4.74 Å². The number of hydrogen-bond acceptors (Lipinski definition) is 6. The summed E-state index contributed by atoms with van der Waals surface area (Å²) in [6.07, 6.45) is 1.44. The minimum absolute atomic E-state index is 0.0463. The second-order valence-corrected chi connectivity index (χ2v) is 8.93. The molecule has 1 aromatic carbocycles. The van der Waals surface area contributed by atoms with Crippen LogP contribution in [0.15, 0.2) is 23.1 Å². The Bertz CT molecular complexity index is 713. The third-order valence-corrected chi connectivity index (χ3v) is 7.22. The third kappa shape index (κ3) is 5.00. The summed E-state index contributed by atoms with van der Waals surface area (Å²) in [6.45, 7) is 7.35. The highest BCUT2D eigenvalue weighted by Crippen LogP contribution is 2.30.